The van der Waals surface area contributed by atoms with Crippen LogP contribution in [0.4, 0.5) is 4.39 Å². The Kier molecular flexibility index (Phi) is 5.12. The highest BCUT2D eigenvalue weighted by Crippen LogP contribution is 2.26. The van der Waals surface area contributed by atoms with Crippen molar-refractivity contribution in [2.24, 2.45) is 0 Å². The largest absolute Gasteiger partial charge is 0.388 e. The first-order valence-electron chi connectivity index (χ1n) is 6.31. The molecular formula is C16H16ClFO2. The zero-order chi connectivity index (χ0) is 14.5. The minimum absolute atomic E-state index is 0.0693. The van der Waals surface area contributed by atoms with E-state index in [0.717, 1.165) is 11.1 Å². The van der Waals surface area contributed by atoms with Gasteiger partial charge in [-0.05, 0) is 22.8 Å². The second-order valence-electron chi connectivity index (χ2n) is 4.56. The lowest BCUT2D eigenvalue weighted by Gasteiger charge is -2.16. The molecular weight excluding hydrogens is 279 g/mol. The van der Waals surface area contributed by atoms with Gasteiger partial charge in [0.2, 0.25) is 0 Å². The van der Waals surface area contributed by atoms with Crippen LogP contribution in [0.15, 0.2) is 42.5 Å². The molecule has 0 bridgehead atoms. The molecule has 0 aliphatic rings. The van der Waals surface area contributed by atoms with Crippen molar-refractivity contribution in [1.82, 2.24) is 0 Å². The molecule has 106 valence electrons. The third-order valence-corrected chi connectivity index (χ3v) is 3.45. The fraction of sp³-hybridized carbons (Fsp3) is 0.250. The van der Waals surface area contributed by atoms with Gasteiger partial charge in [0.15, 0.2) is 0 Å². The average Bonchev–Trinajstić information content (AvgIpc) is 2.45. The molecule has 0 spiro atoms. The summed E-state index contributed by atoms with van der Waals surface area (Å²) in [5.41, 5.74) is 2.04. The van der Waals surface area contributed by atoms with E-state index in [9.17, 15) is 9.50 Å². The van der Waals surface area contributed by atoms with Crippen LogP contribution in [0.5, 0.6) is 0 Å². The number of hydrogen-bond donors (Lipinski definition) is 1. The van der Waals surface area contributed by atoms with Crippen molar-refractivity contribution < 1.29 is 14.2 Å². The molecule has 1 N–H and O–H groups in total. The molecule has 0 fully saturated rings. The Morgan fingerprint density at radius 3 is 2.60 bits per heavy atom. The van der Waals surface area contributed by atoms with Crippen LogP contribution in [-0.4, -0.2) is 12.2 Å². The minimum atomic E-state index is -0.797. The molecule has 0 saturated heterocycles. The van der Waals surface area contributed by atoms with E-state index in [1.165, 1.54) is 6.07 Å². The maximum absolute atomic E-state index is 13.9. The number of ether oxygens (including phenoxy) is 1. The van der Waals surface area contributed by atoms with E-state index in [-0.39, 0.29) is 11.4 Å². The van der Waals surface area contributed by atoms with Gasteiger partial charge in [-0.2, -0.15) is 0 Å². The topological polar surface area (TPSA) is 29.5 Å². The quantitative estimate of drug-likeness (QED) is 0.906. The van der Waals surface area contributed by atoms with Crippen molar-refractivity contribution >= 4 is 11.6 Å². The van der Waals surface area contributed by atoms with Crippen LogP contribution < -0.4 is 0 Å². The minimum Gasteiger partial charge on any atom is -0.388 e. The van der Waals surface area contributed by atoms with Gasteiger partial charge in [-0.25, -0.2) is 4.39 Å². The Labute approximate surface area is 122 Å². The highest BCUT2D eigenvalue weighted by molar-refractivity contribution is 6.30. The van der Waals surface area contributed by atoms with E-state index in [4.69, 9.17) is 16.3 Å². The molecule has 0 saturated carbocycles. The number of aliphatic hydroxyl groups excluding tert-OH is 1. The third kappa shape index (κ3) is 3.37. The van der Waals surface area contributed by atoms with Crippen LogP contribution in [0.2, 0.25) is 5.02 Å². The lowest BCUT2D eigenvalue weighted by Crippen LogP contribution is -2.07. The average molecular weight is 295 g/mol. The monoisotopic (exact) mass is 294 g/mol. The summed E-state index contributed by atoms with van der Waals surface area (Å²) in [6.07, 6.45) is -0.623. The van der Waals surface area contributed by atoms with Crippen molar-refractivity contribution in [3.8, 4) is 0 Å². The second kappa shape index (κ2) is 6.84. The molecule has 2 aromatic carbocycles. The highest BCUT2D eigenvalue weighted by Gasteiger charge is 2.15. The van der Waals surface area contributed by atoms with Gasteiger partial charge in [-0.1, -0.05) is 48.0 Å². The van der Waals surface area contributed by atoms with E-state index in [2.05, 4.69) is 0 Å². The lowest BCUT2D eigenvalue weighted by molar-refractivity contribution is 0.161. The molecule has 0 aliphatic heterocycles. The van der Waals surface area contributed by atoms with Crippen LogP contribution >= 0.6 is 11.6 Å². The van der Waals surface area contributed by atoms with Gasteiger partial charge < -0.3 is 9.84 Å². The van der Waals surface area contributed by atoms with Crippen LogP contribution in [0, 0.1) is 5.82 Å². The van der Waals surface area contributed by atoms with Crippen LogP contribution in [-0.2, 0) is 17.8 Å². The Morgan fingerprint density at radius 1 is 1.15 bits per heavy atom. The predicted octanol–water partition coefficient (Wildman–Crippen LogP) is 3.90. The van der Waals surface area contributed by atoms with Crippen LogP contribution in [0.25, 0.3) is 0 Å². The summed E-state index contributed by atoms with van der Waals surface area (Å²) >= 11 is 5.75. The van der Waals surface area contributed by atoms with Gasteiger partial charge in [-0.3, -0.25) is 0 Å². The second-order valence-corrected chi connectivity index (χ2v) is 4.97. The smallest absolute Gasteiger partial charge is 0.145 e. The number of aliphatic hydroxyl groups is 1. The van der Waals surface area contributed by atoms with Gasteiger partial charge in [0, 0.05) is 13.5 Å². The summed E-state index contributed by atoms with van der Waals surface area (Å²) < 4.78 is 19.0. The van der Waals surface area contributed by atoms with Gasteiger partial charge in [0.1, 0.15) is 5.82 Å². The number of hydrogen-bond acceptors (Lipinski definition) is 2. The summed E-state index contributed by atoms with van der Waals surface area (Å²) in [6, 6.07) is 12.2. The summed E-state index contributed by atoms with van der Waals surface area (Å²) in [6.45, 7) is 0.408. The summed E-state index contributed by atoms with van der Waals surface area (Å²) in [5, 5.41) is 10.4. The van der Waals surface area contributed by atoms with Crippen molar-refractivity contribution in [2.75, 3.05) is 7.11 Å². The van der Waals surface area contributed by atoms with Crippen molar-refractivity contribution in [2.45, 2.75) is 19.1 Å². The Hall–Kier alpha value is -1.42. The first-order valence-corrected chi connectivity index (χ1v) is 6.69. The number of methoxy groups -OCH3 is 1. The molecule has 1 atom stereocenters. The SMILES string of the molecule is COCc1ccccc1C(O)Cc1cccc(Cl)c1F. The van der Waals surface area contributed by atoms with Crippen molar-refractivity contribution in [3.05, 3.63) is 70.0 Å². The maximum atomic E-state index is 13.9. The van der Waals surface area contributed by atoms with Gasteiger partial charge in [0.05, 0.1) is 17.7 Å². The van der Waals surface area contributed by atoms with Gasteiger partial charge in [0.25, 0.3) is 0 Å². The number of rotatable bonds is 5. The summed E-state index contributed by atoms with van der Waals surface area (Å²) in [4.78, 5) is 0. The van der Waals surface area contributed by atoms with Crippen LogP contribution in [0.1, 0.15) is 22.8 Å². The molecule has 0 aliphatic carbocycles. The molecule has 4 heteroatoms. The van der Waals surface area contributed by atoms with Gasteiger partial charge in [-0.15, -0.1) is 0 Å². The Bertz CT molecular complexity index is 586. The fourth-order valence-electron chi connectivity index (χ4n) is 2.17. The van der Waals surface area contributed by atoms with E-state index < -0.39 is 11.9 Å². The molecule has 1 unspecified atom stereocenters. The van der Waals surface area contributed by atoms with E-state index >= 15 is 0 Å². The Morgan fingerprint density at radius 2 is 1.85 bits per heavy atom. The fourth-order valence-corrected chi connectivity index (χ4v) is 2.36. The third-order valence-electron chi connectivity index (χ3n) is 3.16. The van der Waals surface area contributed by atoms with E-state index in [1.54, 1.807) is 19.2 Å². The molecule has 0 aromatic heterocycles. The number of benzene rings is 2. The zero-order valence-electron chi connectivity index (χ0n) is 11.1. The number of halogens is 2. The zero-order valence-corrected chi connectivity index (χ0v) is 11.9. The standard InChI is InChI=1S/C16H16ClFO2/c1-20-10-12-5-2-3-7-13(12)15(19)9-11-6-4-8-14(17)16(11)18/h2-8,15,19H,9-10H2,1H3. The van der Waals surface area contributed by atoms with Crippen LogP contribution in [0.3, 0.4) is 0 Å². The van der Waals surface area contributed by atoms with Crippen molar-refractivity contribution in [3.63, 3.8) is 0 Å². The molecule has 20 heavy (non-hydrogen) atoms. The summed E-state index contributed by atoms with van der Waals surface area (Å²) in [5.74, 6) is -0.475. The molecule has 2 aromatic rings. The predicted molar refractivity (Wildman–Crippen MR) is 77.2 cm³/mol. The van der Waals surface area contributed by atoms with E-state index in [0.29, 0.717) is 12.2 Å². The normalized spacial score (nSPS) is 12.4. The lowest BCUT2D eigenvalue weighted by atomic mass is 9.97. The molecule has 0 radical (unpaired) electrons. The molecule has 2 nitrogen and oxygen atoms in total. The first kappa shape index (κ1) is 15.0. The highest BCUT2D eigenvalue weighted by atomic mass is 35.5. The van der Waals surface area contributed by atoms with Crippen molar-refractivity contribution in [1.29, 1.82) is 0 Å². The molecule has 0 amide bonds. The Balaban J connectivity index is 2.24. The maximum Gasteiger partial charge on any atom is 0.145 e. The molecule has 0 heterocycles. The summed E-state index contributed by atoms with van der Waals surface area (Å²) in [7, 11) is 1.60. The van der Waals surface area contributed by atoms with Gasteiger partial charge >= 0.3 is 0 Å². The first-order chi connectivity index (χ1) is 9.63. The van der Waals surface area contributed by atoms with E-state index in [1.807, 2.05) is 24.3 Å². The molecule has 2 rings (SSSR count).